The molecule has 0 aliphatic heterocycles. The molecule has 7 heteroatoms. The summed E-state index contributed by atoms with van der Waals surface area (Å²) in [4.78, 5) is 0. The maximum Gasteiger partial charge on any atom is 0.416 e. The number of benzene rings is 1. The molecule has 0 radical (unpaired) electrons. The molecule has 0 aromatic heterocycles. The van der Waals surface area contributed by atoms with Crippen LogP contribution in [0.5, 0.6) is 0 Å². The zero-order chi connectivity index (χ0) is 12.6. The van der Waals surface area contributed by atoms with Gasteiger partial charge in [0.05, 0.1) is 11.1 Å². The van der Waals surface area contributed by atoms with Gasteiger partial charge in [0, 0.05) is 31.1 Å². The number of hydrogen-bond acceptors (Lipinski definition) is 0. The van der Waals surface area contributed by atoms with Gasteiger partial charge in [-0.05, 0) is 18.2 Å². The molecule has 0 unspecified atom stereocenters. The molecule has 0 spiro atoms. The normalized spacial score (nSPS) is 12.2. The molecule has 0 aliphatic rings. The zero-order valence-corrected chi connectivity index (χ0v) is 12.6. The van der Waals surface area contributed by atoms with Gasteiger partial charge in [-0.15, -0.1) is 0 Å². The van der Waals surface area contributed by atoms with Crippen LogP contribution in [0.25, 0.3) is 0 Å². The summed E-state index contributed by atoms with van der Waals surface area (Å²) >= 11 is 0. The third-order valence-electron chi connectivity index (χ3n) is 1.94. The van der Waals surface area contributed by atoms with Crippen LogP contribution in [0.4, 0.5) is 26.3 Å². The van der Waals surface area contributed by atoms with Crippen LogP contribution in [0.15, 0.2) is 18.2 Å². The molecule has 0 fully saturated rings. The Bertz CT molecular complexity index is 347. The van der Waals surface area contributed by atoms with Crippen LogP contribution < -0.4 is 0 Å². The minimum Gasteiger partial charge on any atom is -0.339 e. The molecule has 1 aromatic carbocycles. The summed E-state index contributed by atoms with van der Waals surface area (Å²) in [5.41, 5.74) is -2.70. The topological polar surface area (TPSA) is 0 Å². The molecule has 1 rings (SSSR count). The van der Waals surface area contributed by atoms with Crippen LogP contribution in [0.3, 0.4) is 0 Å². The van der Waals surface area contributed by atoms with Crippen LogP contribution in [-0.4, -0.2) is 0 Å². The Kier molecular flexibility index (Phi) is 5.61. The summed E-state index contributed by atoms with van der Waals surface area (Å²) in [6.07, 6.45) is -9.71. The van der Waals surface area contributed by atoms with Crippen molar-refractivity contribution >= 4 is 0 Å². The second-order valence-corrected chi connectivity index (χ2v) is 3.16. The number of halogens is 6. The Labute approximate surface area is 118 Å². The van der Waals surface area contributed by atoms with E-state index in [1.165, 1.54) is 0 Å². The predicted molar refractivity (Wildman–Crippen MR) is 45.5 cm³/mol. The molecule has 1 aromatic rings. The third kappa shape index (κ3) is 4.55. The standard InChI is InChI=1S/C10H7F6.U/c1-2-6-3-7(9(11,12)13)5-8(4-6)10(14,15)16;/h3-5H,1-2H2;/q-1;. The molecule has 0 heterocycles. The van der Waals surface area contributed by atoms with Gasteiger partial charge in [0.15, 0.2) is 0 Å². The van der Waals surface area contributed by atoms with E-state index in [0.717, 1.165) is 0 Å². The Morgan fingerprint density at radius 3 is 1.41 bits per heavy atom. The second-order valence-electron chi connectivity index (χ2n) is 3.16. The van der Waals surface area contributed by atoms with E-state index in [9.17, 15) is 26.3 Å². The Hall–Kier alpha value is -0.148. The first-order valence-corrected chi connectivity index (χ1v) is 4.22. The molecule has 94 valence electrons. The van der Waals surface area contributed by atoms with Gasteiger partial charge in [0.1, 0.15) is 0 Å². The van der Waals surface area contributed by atoms with Crippen molar-refractivity contribution in [1.82, 2.24) is 0 Å². The second kappa shape index (κ2) is 5.66. The molecule has 0 N–H and O–H groups in total. The van der Waals surface area contributed by atoms with Crippen molar-refractivity contribution in [2.45, 2.75) is 18.8 Å². The first-order chi connectivity index (χ1) is 7.14. The van der Waals surface area contributed by atoms with Gasteiger partial charge in [0.25, 0.3) is 0 Å². The minimum atomic E-state index is -4.79. The quantitative estimate of drug-likeness (QED) is 0.421. The monoisotopic (exact) mass is 479 g/mol. The molecule has 0 bridgehead atoms. The molecular weight excluding hydrogens is 472 g/mol. The smallest absolute Gasteiger partial charge is 0.339 e. The molecule has 0 amide bonds. The van der Waals surface area contributed by atoms with Crippen molar-refractivity contribution in [3.05, 3.63) is 41.8 Å². The first-order valence-electron chi connectivity index (χ1n) is 4.22. The Morgan fingerprint density at radius 1 is 0.824 bits per heavy atom. The maximum atomic E-state index is 12.3. The van der Waals surface area contributed by atoms with Crippen molar-refractivity contribution in [3.8, 4) is 0 Å². The van der Waals surface area contributed by atoms with Crippen molar-refractivity contribution < 1.29 is 57.5 Å². The average molecular weight is 479 g/mol. The average Bonchev–Trinajstić information content (AvgIpc) is 2.14. The fourth-order valence-electron chi connectivity index (χ4n) is 1.16. The van der Waals surface area contributed by atoms with E-state index in [2.05, 4.69) is 6.92 Å². The van der Waals surface area contributed by atoms with Gasteiger partial charge >= 0.3 is 12.4 Å². The third-order valence-corrected chi connectivity index (χ3v) is 1.94. The Morgan fingerprint density at radius 2 is 1.18 bits per heavy atom. The maximum absolute atomic E-state index is 12.3. The van der Waals surface area contributed by atoms with Crippen LogP contribution in [0, 0.1) is 38.0 Å². The van der Waals surface area contributed by atoms with Crippen LogP contribution in [0.2, 0.25) is 0 Å². The SMILES string of the molecule is [CH2-]Cc1cc(C(F)(F)F)cc(C(F)(F)F)c1.[U]. The van der Waals surface area contributed by atoms with E-state index in [-0.39, 0.29) is 49.2 Å². The summed E-state index contributed by atoms with van der Waals surface area (Å²) in [5.74, 6) is 0. The van der Waals surface area contributed by atoms with Crippen LogP contribution in [0.1, 0.15) is 16.7 Å². The van der Waals surface area contributed by atoms with Crippen molar-refractivity contribution in [3.63, 3.8) is 0 Å². The summed E-state index contributed by atoms with van der Waals surface area (Å²) < 4.78 is 73.7. The fourth-order valence-corrected chi connectivity index (χ4v) is 1.16. The van der Waals surface area contributed by atoms with Gasteiger partial charge in [-0.3, -0.25) is 0 Å². The van der Waals surface area contributed by atoms with Crippen molar-refractivity contribution in [2.24, 2.45) is 0 Å². The molecule has 17 heavy (non-hydrogen) atoms. The van der Waals surface area contributed by atoms with E-state index in [1.54, 1.807) is 0 Å². The Balaban J connectivity index is 0.00000256. The summed E-state index contributed by atoms with van der Waals surface area (Å²) in [5, 5.41) is 0. The van der Waals surface area contributed by atoms with E-state index in [0.29, 0.717) is 12.1 Å². The van der Waals surface area contributed by atoms with E-state index >= 15 is 0 Å². The zero-order valence-electron chi connectivity index (χ0n) is 8.41. The van der Waals surface area contributed by atoms with Gasteiger partial charge in [0.2, 0.25) is 0 Å². The summed E-state index contributed by atoms with van der Waals surface area (Å²) in [6, 6.07) is 1.43. The molecule has 0 aliphatic carbocycles. The molecule has 0 saturated heterocycles. The molecular formula is C10H7F6U-. The van der Waals surface area contributed by atoms with E-state index in [1.807, 2.05) is 0 Å². The first kappa shape index (κ1) is 16.9. The van der Waals surface area contributed by atoms with E-state index in [4.69, 9.17) is 0 Å². The summed E-state index contributed by atoms with van der Waals surface area (Å²) in [6.45, 7) is 3.27. The molecule has 0 saturated carbocycles. The van der Waals surface area contributed by atoms with Crippen LogP contribution >= 0.6 is 0 Å². The van der Waals surface area contributed by atoms with E-state index < -0.39 is 23.5 Å². The minimum absolute atomic E-state index is 0. The fraction of sp³-hybridized carbons (Fsp3) is 0.300. The number of rotatable bonds is 1. The number of hydrogen-bond donors (Lipinski definition) is 0. The van der Waals surface area contributed by atoms with Crippen molar-refractivity contribution in [2.75, 3.05) is 0 Å². The van der Waals surface area contributed by atoms with Gasteiger partial charge in [-0.2, -0.15) is 32.8 Å². The van der Waals surface area contributed by atoms with Crippen LogP contribution in [-0.2, 0) is 18.8 Å². The largest absolute Gasteiger partial charge is 0.416 e. The van der Waals surface area contributed by atoms with Gasteiger partial charge < -0.3 is 6.92 Å². The molecule has 0 atom stereocenters. The number of alkyl halides is 6. The van der Waals surface area contributed by atoms with Crippen molar-refractivity contribution in [1.29, 1.82) is 0 Å². The molecule has 0 nitrogen and oxygen atoms in total. The summed E-state index contributed by atoms with van der Waals surface area (Å²) in [7, 11) is 0. The van der Waals surface area contributed by atoms with Gasteiger partial charge in [-0.1, -0.05) is 5.56 Å². The predicted octanol–water partition coefficient (Wildman–Crippen LogP) is 4.10. The van der Waals surface area contributed by atoms with Gasteiger partial charge in [-0.25, -0.2) is 0 Å².